The summed E-state index contributed by atoms with van der Waals surface area (Å²) in [4.78, 5) is 20.4. The smallest absolute Gasteiger partial charge is 0.313 e. The zero-order valence-electron chi connectivity index (χ0n) is 10.7. The average Bonchev–Trinajstić information content (AvgIpc) is 3.05. The molecule has 0 atom stereocenters. The number of carboxylic acids is 1. The highest BCUT2D eigenvalue weighted by Crippen LogP contribution is 2.27. The van der Waals surface area contributed by atoms with Gasteiger partial charge in [-0.05, 0) is 18.2 Å². The number of carboxylic acid groups (broad SMARTS) is 1. The highest BCUT2D eigenvalue weighted by Gasteiger charge is 2.14. The van der Waals surface area contributed by atoms with Crippen molar-refractivity contribution in [2.75, 3.05) is 5.75 Å². The standard InChI is InChI=1S/C13H10ClN3O2S2/c14-8-1-2-11-10(3-8)16-13(20-6-12(18)19)17(11)5-9-4-15-7-21-9/h1-4,7H,5-6H2,(H,18,19). The molecule has 0 aliphatic carbocycles. The minimum absolute atomic E-state index is 0.0280. The van der Waals surface area contributed by atoms with Gasteiger partial charge in [-0.15, -0.1) is 11.3 Å². The first-order chi connectivity index (χ1) is 10.1. The van der Waals surface area contributed by atoms with Crippen molar-refractivity contribution >= 4 is 51.7 Å². The second kappa shape index (κ2) is 6.05. The molecule has 2 aromatic heterocycles. The maximum Gasteiger partial charge on any atom is 0.313 e. The van der Waals surface area contributed by atoms with Crippen LogP contribution in [0.5, 0.6) is 0 Å². The number of thiazole rings is 1. The second-order valence-corrected chi connectivity index (χ2v) is 6.61. The SMILES string of the molecule is O=C(O)CSc1nc2cc(Cl)ccc2n1Cc1cncs1. The largest absolute Gasteiger partial charge is 0.481 e. The number of fused-ring (bicyclic) bond motifs is 1. The van der Waals surface area contributed by atoms with Gasteiger partial charge >= 0.3 is 5.97 Å². The van der Waals surface area contributed by atoms with Crippen LogP contribution in [0.4, 0.5) is 0 Å². The summed E-state index contributed by atoms with van der Waals surface area (Å²) in [6.07, 6.45) is 1.80. The minimum Gasteiger partial charge on any atom is -0.481 e. The predicted molar refractivity (Wildman–Crippen MR) is 84.3 cm³/mol. The molecule has 21 heavy (non-hydrogen) atoms. The van der Waals surface area contributed by atoms with Gasteiger partial charge in [0.2, 0.25) is 0 Å². The van der Waals surface area contributed by atoms with Gasteiger partial charge in [0, 0.05) is 16.1 Å². The Kier molecular flexibility index (Phi) is 4.14. The molecule has 0 unspecified atom stereocenters. The van der Waals surface area contributed by atoms with Crippen LogP contribution in [0.3, 0.4) is 0 Å². The van der Waals surface area contributed by atoms with Gasteiger partial charge in [-0.3, -0.25) is 9.78 Å². The Morgan fingerprint density at radius 1 is 1.48 bits per heavy atom. The average molecular weight is 340 g/mol. The Hall–Kier alpha value is -1.57. The Morgan fingerprint density at radius 2 is 2.33 bits per heavy atom. The van der Waals surface area contributed by atoms with Crippen LogP contribution in [-0.4, -0.2) is 31.4 Å². The third-order valence-corrected chi connectivity index (χ3v) is 4.76. The number of thioether (sulfide) groups is 1. The maximum absolute atomic E-state index is 10.8. The molecular weight excluding hydrogens is 330 g/mol. The number of hydrogen-bond acceptors (Lipinski definition) is 5. The lowest BCUT2D eigenvalue weighted by Crippen LogP contribution is -2.03. The summed E-state index contributed by atoms with van der Waals surface area (Å²) < 4.78 is 1.99. The number of hydrogen-bond donors (Lipinski definition) is 1. The summed E-state index contributed by atoms with van der Waals surface area (Å²) in [5.41, 5.74) is 3.47. The maximum atomic E-state index is 10.8. The molecule has 8 heteroatoms. The fraction of sp³-hybridized carbons (Fsp3) is 0.154. The molecule has 0 aliphatic heterocycles. The highest BCUT2D eigenvalue weighted by molar-refractivity contribution is 7.99. The summed E-state index contributed by atoms with van der Waals surface area (Å²) in [6.45, 7) is 0.616. The van der Waals surface area contributed by atoms with E-state index in [4.69, 9.17) is 16.7 Å². The van der Waals surface area contributed by atoms with Crippen molar-refractivity contribution in [1.82, 2.24) is 14.5 Å². The van der Waals surface area contributed by atoms with E-state index in [9.17, 15) is 4.79 Å². The number of imidazole rings is 1. The van der Waals surface area contributed by atoms with Crippen molar-refractivity contribution < 1.29 is 9.90 Å². The number of benzene rings is 1. The molecule has 0 saturated carbocycles. The molecule has 0 spiro atoms. The fourth-order valence-corrected chi connectivity index (χ4v) is 3.43. The molecular formula is C13H10ClN3O2S2. The Bertz CT molecular complexity index is 786. The van der Waals surface area contributed by atoms with Gasteiger partial charge in [0.1, 0.15) is 0 Å². The Labute approximate surface area is 133 Å². The Morgan fingerprint density at radius 3 is 3.05 bits per heavy atom. The highest BCUT2D eigenvalue weighted by atomic mass is 35.5. The van der Waals surface area contributed by atoms with E-state index in [2.05, 4.69) is 9.97 Å². The van der Waals surface area contributed by atoms with E-state index < -0.39 is 5.97 Å². The van der Waals surface area contributed by atoms with Crippen LogP contribution in [0, 0.1) is 0 Å². The predicted octanol–water partition coefficient (Wildman–Crippen LogP) is 3.37. The molecule has 0 aliphatic rings. The lowest BCUT2D eigenvalue weighted by molar-refractivity contribution is -0.133. The van der Waals surface area contributed by atoms with E-state index in [1.165, 1.54) is 11.8 Å². The molecule has 108 valence electrons. The van der Waals surface area contributed by atoms with Crippen molar-refractivity contribution in [3.63, 3.8) is 0 Å². The fourth-order valence-electron chi connectivity index (χ4n) is 1.95. The van der Waals surface area contributed by atoms with Crippen LogP contribution in [0.15, 0.2) is 35.1 Å². The van der Waals surface area contributed by atoms with E-state index in [0.29, 0.717) is 16.7 Å². The molecule has 2 heterocycles. The number of carbonyl (C=O) groups is 1. The molecule has 0 radical (unpaired) electrons. The van der Waals surface area contributed by atoms with Crippen LogP contribution in [0.25, 0.3) is 11.0 Å². The van der Waals surface area contributed by atoms with Crippen molar-refractivity contribution in [3.05, 3.63) is 39.8 Å². The van der Waals surface area contributed by atoms with Crippen LogP contribution in [0.2, 0.25) is 5.02 Å². The zero-order chi connectivity index (χ0) is 14.8. The molecule has 1 N–H and O–H groups in total. The third kappa shape index (κ3) is 3.20. The molecule has 1 aromatic carbocycles. The van der Waals surface area contributed by atoms with Gasteiger partial charge in [-0.25, -0.2) is 4.98 Å². The van der Waals surface area contributed by atoms with Gasteiger partial charge in [0.15, 0.2) is 5.16 Å². The molecule has 3 rings (SSSR count). The third-order valence-electron chi connectivity index (χ3n) is 2.80. The number of halogens is 1. The summed E-state index contributed by atoms with van der Waals surface area (Å²) in [7, 11) is 0. The van der Waals surface area contributed by atoms with Crippen molar-refractivity contribution in [3.8, 4) is 0 Å². The Balaban J connectivity index is 2.03. The molecule has 0 bridgehead atoms. The molecule has 3 aromatic rings. The quantitative estimate of drug-likeness (QED) is 0.722. The van der Waals surface area contributed by atoms with E-state index in [-0.39, 0.29) is 5.75 Å². The van der Waals surface area contributed by atoms with Crippen molar-refractivity contribution in [2.24, 2.45) is 0 Å². The minimum atomic E-state index is -0.866. The topological polar surface area (TPSA) is 68.0 Å². The monoisotopic (exact) mass is 339 g/mol. The number of nitrogens with zero attached hydrogens (tertiary/aromatic N) is 3. The van der Waals surface area contributed by atoms with Crippen molar-refractivity contribution in [1.29, 1.82) is 0 Å². The first kappa shape index (κ1) is 14.4. The molecule has 0 amide bonds. The summed E-state index contributed by atoms with van der Waals surface area (Å²) in [5.74, 6) is -0.894. The number of aliphatic carboxylic acids is 1. The number of rotatable bonds is 5. The van der Waals surface area contributed by atoms with Gasteiger partial charge in [0.25, 0.3) is 0 Å². The van der Waals surface area contributed by atoms with Gasteiger partial charge < -0.3 is 9.67 Å². The van der Waals surface area contributed by atoms with Crippen LogP contribution < -0.4 is 0 Å². The summed E-state index contributed by atoms with van der Waals surface area (Å²) in [5, 5.41) is 10.1. The van der Waals surface area contributed by atoms with Crippen LogP contribution >= 0.6 is 34.7 Å². The van der Waals surface area contributed by atoms with Gasteiger partial charge in [-0.2, -0.15) is 0 Å². The summed E-state index contributed by atoms with van der Waals surface area (Å²) >= 11 is 8.75. The molecule has 5 nitrogen and oxygen atoms in total. The molecule has 0 fully saturated rings. The van der Waals surface area contributed by atoms with Crippen molar-refractivity contribution in [2.45, 2.75) is 11.7 Å². The van der Waals surface area contributed by atoms with E-state index in [1.54, 1.807) is 35.2 Å². The first-order valence-corrected chi connectivity index (χ1v) is 8.25. The van der Waals surface area contributed by atoms with Crippen LogP contribution in [0.1, 0.15) is 4.88 Å². The van der Waals surface area contributed by atoms with Gasteiger partial charge in [0.05, 0.1) is 28.8 Å². The van der Waals surface area contributed by atoms with E-state index in [0.717, 1.165) is 15.9 Å². The first-order valence-electron chi connectivity index (χ1n) is 6.01. The lowest BCUT2D eigenvalue weighted by Gasteiger charge is -2.06. The lowest BCUT2D eigenvalue weighted by atomic mass is 10.3. The van der Waals surface area contributed by atoms with E-state index >= 15 is 0 Å². The zero-order valence-corrected chi connectivity index (χ0v) is 13.1. The summed E-state index contributed by atoms with van der Waals surface area (Å²) in [6, 6.07) is 5.49. The van der Waals surface area contributed by atoms with E-state index in [1.807, 2.05) is 10.6 Å². The van der Waals surface area contributed by atoms with Crippen LogP contribution in [-0.2, 0) is 11.3 Å². The molecule has 0 saturated heterocycles. The normalized spacial score (nSPS) is 11.1. The second-order valence-electron chi connectivity index (χ2n) is 4.26. The number of aromatic nitrogens is 3. The van der Waals surface area contributed by atoms with Gasteiger partial charge in [-0.1, -0.05) is 23.4 Å².